The molecule has 2 bridgehead atoms. The van der Waals surface area contributed by atoms with Crippen LogP contribution in [0.1, 0.15) is 28.8 Å². The van der Waals surface area contributed by atoms with Gasteiger partial charge in [-0.3, -0.25) is 14.4 Å². The molecule has 1 aromatic carbocycles. The molecule has 4 atom stereocenters. The molecule has 4 heterocycles. The van der Waals surface area contributed by atoms with E-state index in [0.717, 1.165) is 44.6 Å². The Labute approximate surface area is 170 Å². The number of rotatable bonds is 6. The Morgan fingerprint density at radius 2 is 2.28 bits per heavy atom. The highest BCUT2D eigenvalue weighted by molar-refractivity contribution is 5.94. The topological polar surface area (TPSA) is 59.4 Å². The van der Waals surface area contributed by atoms with Crippen molar-refractivity contribution in [3.63, 3.8) is 0 Å². The number of amides is 1. The molecule has 3 aliphatic rings. The summed E-state index contributed by atoms with van der Waals surface area (Å²) in [6.07, 6.45) is 6.19. The van der Waals surface area contributed by atoms with E-state index < -0.39 is 0 Å². The molecule has 0 aliphatic carbocycles. The summed E-state index contributed by atoms with van der Waals surface area (Å²) in [6.45, 7) is 6.16. The zero-order valence-electron chi connectivity index (χ0n) is 16.7. The summed E-state index contributed by atoms with van der Waals surface area (Å²) in [7, 11) is 0. The van der Waals surface area contributed by atoms with Crippen molar-refractivity contribution in [2.45, 2.75) is 38.0 Å². The number of aryl methyl sites for hydroxylation is 1. The Hall–Kier alpha value is -2.25. The molecule has 6 nitrogen and oxygen atoms in total. The van der Waals surface area contributed by atoms with Crippen LogP contribution in [0.2, 0.25) is 0 Å². The Morgan fingerprint density at radius 1 is 1.38 bits per heavy atom. The second-order valence-corrected chi connectivity index (χ2v) is 8.76. The van der Waals surface area contributed by atoms with E-state index in [-0.39, 0.29) is 23.4 Å². The number of aromatic nitrogens is 2. The van der Waals surface area contributed by atoms with E-state index in [0.29, 0.717) is 23.9 Å². The van der Waals surface area contributed by atoms with Crippen molar-refractivity contribution in [2.24, 2.45) is 11.8 Å². The zero-order valence-corrected chi connectivity index (χ0v) is 16.7. The molecule has 1 aromatic heterocycles. The monoisotopic (exact) mass is 398 g/mol. The van der Waals surface area contributed by atoms with Crippen LogP contribution in [0, 0.1) is 24.6 Å². The van der Waals surface area contributed by atoms with Crippen molar-refractivity contribution in [3.8, 4) is 0 Å². The molecule has 0 unspecified atom stereocenters. The lowest BCUT2D eigenvalue weighted by molar-refractivity contribution is 0.00247. The molecule has 7 heteroatoms. The fraction of sp³-hybridized carbons (Fsp3) is 0.545. The van der Waals surface area contributed by atoms with Crippen molar-refractivity contribution in [3.05, 3.63) is 53.6 Å². The predicted molar refractivity (Wildman–Crippen MR) is 106 cm³/mol. The number of likely N-dealkylation sites (tertiary alicyclic amines) is 1. The molecular formula is C22H27FN4O2. The maximum absolute atomic E-state index is 13.6. The van der Waals surface area contributed by atoms with Gasteiger partial charge in [0.1, 0.15) is 5.82 Å². The average molecular weight is 398 g/mol. The summed E-state index contributed by atoms with van der Waals surface area (Å²) >= 11 is 0. The summed E-state index contributed by atoms with van der Waals surface area (Å²) in [5, 5.41) is 7.33. The molecule has 1 N–H and O–H groups in total. The van der Waals surface area contributed by atoms with Gasteiger partial charge in [0.05, 0.1) is 18.2 Å². The number of fused-ring (bicyclic) bond motifs is 1. The van der Waals surface area contributed by atoms with Gasteiger partial charge in [-0.2, -0.15) is 5.10 Å². The van der Waals surface area contributed by atoms with Crippen LogP contribution in [0.25, 0.3) is 0 Å². The normalized spacial score (nSPS) is 30.6. The maximum atomic E-state index is 13.6. The summed E-state index contributed by atoms with van der Waals surface area (Å²) in [5.41, 5.74) is 1.08. The van der Waals surface area contributed by atoms with Crippen LogP contribution in [0.4, 0.5) is 4.39 Å². The quantitative estimate of drug-likeness (QED) is 0.811. The first-order valence-electron chi connectivity index (χ1n) is 10.5. The van der Waals surface area contributed by atoms with E-state index in [1.807, 2.05) is 16.9 Å². The zero-order chi connectivity index (χ0) is 20.0. The molecule has 3 fully saturated rings. The number of carbonyl (C=O) groups is 1. The number of halogens is 1. The Morgan fingerprint density at radius 3 is 3.07 bits per heavy atom. The van der Waals surface area contributed by atoms with E-state index in [1.54, 1.807) is 19.2 Å². The number of benzene rings is 1. The Balaban J connectivity index is 1.22. The summed E-state index contributed by atoms with van der Waals surface area (Å²) in [4.78, 5) is 15.0. The van der Waals surface area contributed by atoms with Crippen LogP contribution in [-0.4, -0.2) is 58.5 Å². The van der Waals surface area contributed by atoms with E-state index in [2.05, 4.69) is 15.3 Å². The van der Waals surface area contributed by atoms with Crippen molar-refractivity contribution in [1.29, 1.82) is 0 Å². The van der Waals surface area contributed by atoms with Crippen LogP contribution < -0.4 is 5.32 Å². The van der Waals surface area contributed by atoms with Gasteiger partial charge in [-0.15, -0.1) is 0 Å². The minimum absolute atomic E-state index is 0.0559. The van der Waals surface area contributed by atoms with E-state index in [9.17, 15) is 9.18 Å². The summed E-state index contributed by atoms with van der Waals surface area (Å²) in [5.74, 6) is 0.171. The molecule has 3 aliphatic heterocycles. The minimum atomic E-state index is -0.374. The Kier molecular flexibility index (Phi) is 4.67. The predicted octanol–water partition coefficient (Wildman–Crippen LogP) is 2.24. The Bertz CT molecular complexity index is 882. The molecular weight excluding hydrogens is 371 g/mol. The van der Waals surface area contributed by atoms with Gasteiger partial charge in [-0.25, -0.2) is 4.39 Å². The van der Waals surface area contributed by atoms with Crippen LogP contribution in [0.3, 0.4) is 0 Å². The third-order valence-corrected chi connectivity index (χ3v) is 6.86. The molecule has 3 saturated heterocycles. The van der Waals surface area contributed by atoms with E-state index in [4.69, 9.17) is 4.74 Å². The highest BCUT2D eigenvalue weighted by Gasteiger charge is 2.62. The van der Waals surface area contributed by atoms with E-state index >= 15 is 0 Å². The fourth-order valence-electron chi connectivity index (χ4n) is 5.59. The van der Waals surface area contributed by atoms with Crippen LogP contribution in [0.5, 0.6) is 0 Å². The van der Waals surface area contributed by atoms with Gasteiger partial charge >= 0.3 is 0 Å². The van der Waals surface area contributed by atoms with Crippen molar-refractivity contribution in [2.75, 3.05) is 26.2 Å². The molecule has 0 saturated carbocycles. The smallest absolute Gasteiger partial charge is 0.251 e. The number of hydrogen-bond acceptors (Lipinski definition) is 4. The van der Waals surface area contributed by atoms with Gasteiger partial charge in [0.2, 0.25) is 0 Å². The van der Waals surface area contributed by atoms with Crippen LogP contribution >= 0.6 is 0 Å². The minimum Gasteiger partial charge on any atom is -0.370 e. The number of hydrogen-bond donors (Lipinski definition) is 1. The van der Waals surface area contributed by atoms with Gasteiger partial charge in [0.15, 0.2) is 0 Å². The van der Waals surface area contributed by atoms with E-state index in [1.165, 1.54) is 12.1 Å². The maximum Gasteiger partial charge on any atom is 0.251 e. The first-order valence-corrected chi connectivity index (χ1v) is 10.5. The number of carbonyl (C=O) groups excluding carboxylic acids is 1. The highest BCUT2D eigenvalue weighted by Crippen LogP contribution is 2.54. The van der Waals surface area contributed by atoms with Crippen LogP contribution in [0.15, 0.2) is 36.7 Å². The standard InChI is InChI=1S/C22H27FN4O2/c1-15-9-16(11-17(23)10-15)21(28)24-12-18-19-13-26(7-8-27-6-2-5-25-27)14-22(19)4-3-20(18)29-22/h2,5-6,9-11,18-20H,3-4,7-8,12-14H2,1H3,(H,24,28)/t18-,19+,20+,22+/m0/s1. The first kappa shape index (κ1) is 18.8. The lowest BCUT2D eigenvalue weighted by Gasteiger charge is -2.29. The van der Waals surface area contributed by atoms with Crippen LogP contribution in [-0.2, 0) is 11.3 Å². The SMILES string of the molecule is Cc1cc(F)cc(C(=O)NC[C@H]2[C@H]3CN(CCn4cccn4)C[C@]34CC[C@H]2O4)c1. The van der Waals surface area contributed by atoms with Gasteiger partial charge < -0.3 is 10.1 Å². The second-order valence-electron chi connectivity index (χ2n) is 8.76. The first-order chi connectivity index (χ1) is 14.0. The van der Waals surface area contributed by atoms with Gasteiger partial charge in [0.25, 0.3) is 5.91 Å². The van der Waals surface area contributed by atoms with Gasteiger partial charge in [-0.1, -0.05) is 0 Å². The molecule has 154 valence electrons. The molecule has 2 aromatic rings. The third-order valence-electron chi connectivity index (χ3n) is 6.86. The van der Waals surface area contributed by atoms with Crippen molar-refractivity contribution in [1.82, 2.24) is 20.0 Å². The molecule has 1 spiro atoms. The fourth-order valence-corrected chi connectivity index (χ4v) is 5.59. The van der Waals surface area contributed by atoms with Crippen molar-refractivity contribution >= 4 is 5.91 Å². The third kappa shape index (κ3) is 3.46. The molecule has 0 radical (unpaired) electrons. The number of nitrogens with one attached hydrogen (secondary N) is 1. The largest absolute Gasteiger partial charge is 0.370 e. The number of nitrogens with zero attached hydrogens (tertiary/aromatic N) is 3. The lowest BCUT2D eigenvalue weighted by atomic mass is 9.73. The summed E-state index contributed by atoms with van der Waals surface area (Å²) in [6, 6.07) is 6.40. The van der Waals surface area contributed by atoms with Crippen molar-refractivity contribution < 1.29 is 13.9 Å². The molecule has 1 amide bonds. The number of ether oxygens (including phenoxy) is 1. The van der Waals surface area contributed by atoms with Gasteiger partial charge in [0, 0.05) is 56.0 Å². The second kappa shape index (κ2) is 7.22. The summed E-state index contributed by atoms with van der Waals surface area (Å²) < 4.78 is 22.1. The average Bonchev–Trinajstić information content (AvgIpc) is 3.44. The highest BCUT2D eigenvalue weighted by atomic mass is 19.1. The lowest BCUT2D eigenvalue weighted by Crippen LogP contribution is -2.41. The molecule has 5 rings (SSSR count). The molecule has 29 heavy (non-hydrogen) atoms. The van der Waals surface area contributed by atoms with Gasteiger partial charge in [-0.05, 0) is 49.6 Å².